The second-order valence-electron chi connectivity index (χ2n) is 6.98. The number of nitrogens with one attached hydrogen (secondary N) is 1. The van der Waals surface area contributed by atoms with Crippen LogP contribution in [-0.4, -0.2) is 29.8 Å². The molecule has 4 nitrogen and oxygen atoms in total. The van der Waals surface area contributed by atoms with Crippen LogP contribution in [0.4, 0.5) is 0 Å². The van der Waals surface area contributed by atoms with Crippen LogP contribution < -0.4 is 5.32 Å². The molecule has 0 aromatic heterocycles. The van der Waals surface area contributed by atoms with E-state index in [1.54, 1.807) is 24.1 Å². The summed E-state index contributed by atoms with van der Waals surface area (Å²) in [6.45, 7) is 6.19. The molecule has 0 radical (unpaired) electrons. The zero-order valence-electron chi connectivity index (χ0n) is 16.7. The van der Waals surface area contributed by atoms with Gasteiger partial charge in [-0.2, -0.15) is 0 Å². The van der Waals surface area contributed by atoms with Crippen molar-refractivity contribution in [1.82, 2.24) is 10.2 Å². The number of benzene rings is 2. The van der Waals surface area contributed by atoms with Gasteiger partial charge in [0.1, 0.15) is 6.04 Å². The quantitative estimate of drug-likeness (QED) is 0.704. The second-order valence-corrected chi connectivity index (χ2v) is 7.80. The van der Waals surface area contributed by atoms with E-state index in [4.69, 9.17) is 23.2 Å². The van der Waals surface area contributed by atoms with Gasteiger partial charge in [0.05, 0.1) is 16.5 Å². The van der Waals surface area contributed by atoms with Crippen molar-refractivity contribution in [1.29, 1.82) is 0 Å². The normalized spacial score (nSPS) is 11.8. The summed E-state index contributed by atoms with van der Waals surface area (Å²) in [5.41, 5.74) is 3.98. The highest BCUT2D eigenvalue weighted by molar-refractivity contribution is 6.42. The SMILES string of the molecule is CC[C@@H](C(=O)NC)N(Cc1ccc(Cl)c(Cl)c1)C(=O)Cc1cc(C)cc(C)c1. The molecule has 1 N–H and O–H groups in total. The van der Waals surface area contributed by atoms with Gasteiger partial charge in [0, 0.05) is 13.6 Å². The average Bonchev–Trinajstić information content (AvgIpc) is 2.63. The smallest absolute Gasteiger partial charge is 0.242 e. The zero-order valence-corrected chi connectivity index (χ0v) is 18.2. The van der Waals surface area contributed by atoms with Crippen LogP contribution in [0.25, 0.3) is 0 Å². The van der Waals surface area contributed by atoms with E-state index in [2.05, 4.69) is 11.4 Å². The number of rotatable bonds is 7. The maximum Gasteiger partial charge on any atom is 0.242 e. The molecule has 0 aliphatic rings. The topological polar surface area (TPSA) is 49.4 Å². The Bertz CT molecular complexity index is 847. The molecule has 0 fully saturated rings. The van der Waals surface area contributed by atoms with Gasteiger partial charge < -0.3 is 10.2 Å². The van der Waals surface area contributed by atoms with Crippen LogP contribution in [0.2, 0.25) is 10.0 Å². The summed E-state index contributed by atoms with van der Waals surface area (Å²) in [4.78, 5) is 27.2. The first-order chi connectivity index (χ1) is 13.2. The number of likely N-dealkylation sites (N-methyl/N-ethyl adjacent to an activating group) is 1. The fraction of sp³-hybridized carbons (Fsp3) is 0.364. The van der Waals surface area contributed by atoms with Crippen LogP contribution in [0.1, 0.15) is 35.6 Å². The highest BCUT2D eigenvalue weighted by atomic mass is 35.5. The van der Waals surface area contributed by atoms with Crippen molar-refractivity contribution in [2.24, 2.45) is 0 Å². The standard InChI is InChI=1S/C22H26Cl2N2O2/c1-5-20(22(28)25-4)26(13-16-6-7-18(23)19(24)11-16)21(27)12-17-9-14(2)8-15(3)10-17/h6-11,20H,5,12-13H2,1-4H3,(H,25,28)/t20-/m0/s1. The van der Waals surface area contributed by atoms with Crippen LogP contribution in [-0.2, 0) is 22.6 Å². The van der Waals surface area contributed by atoms with Crippen molar-refractivity contribution in [3.8, 4) is 0 Å². The molecular weight excluding hydrogens is 395 g/mol. The van der Waals surface area contributed by atoms with E-state index < -0.39 is 6.04 Å². The Hall–Kier alpha value is -2.04. The van der Waals surface area contributed by atoms with Crippen LogP contribution >= 0.6 is 23.2 Å². The van der Waals surface area contributed by atoms with E-state index in [1.165, 1.54) is 0 Å². The Morgan fingerprint density at radius 2 is 1.64 bits per heavy atom. The molecule has 2 amide bonds. The average molecular weight is 421 g/mol. The molecule has 0 unspecified atom stereocenters. The van der Waals surface area contributed by atoms with Gasteiger partial charge in [0.25, 0.3) is 0 Å². The van der Waals surface area contributed by atoms with Crippen molar-refractivity contribution >= 4 is 35.0 Å². The molecule has 0 spiro atoms. The van der Waals surface area contributed by atoms with Crippen LogP contribution in [0.3, 0.4) is 0 Å². The Balaban J connectivity index is 2.33. The van der Waals surface area contributed by atoms with E-state index >= 15 is 0 Å². The van der Waals surface area contributed by atoms with E-state index in [1.807, 2.05) is 39.0 Å². The summed E-state index contributed by atoms with van der Waals surface area (Å²) >= 11 is 12.1. The molecule has 2 rings (SSSR count). The molecule has 0 saturated carbocycles. The summed E-state index contributed by atoms with van der Waals surface area (Å²) in [6.07, 6.45) is 0.747. The maximum atomic E-state index is 13.2. The fourth-order valence-corrected chi connectivity index (χ4v) is 3.69. The number of amides is 2. The fourth-order valence-electron chi connectivity index (χ4n) is 3.37. The number of hydrogen-bond donors (Lipinski definition) is 1. The number of carbonyl (C=O) groups excluding carboxylic acids is 2. The molecule has 0 aliphatic heterocycles. The van der Waals surface area contributed by atoms with E-state index in [9.17, 15) is 9.59 Å². The number of carbonyl (C=O) groups is 2. The zero-order chi connectivity index (χ0) is 20.8. The van der Waals surface area contributed by atoms with Gasteiger partial charge in [0.15, 0.2) is 0 Å². The molecule has 0 aliphatic carbocycles. The third kappa shape index (κ3) is 5.73. The number of aryl methyl sites for hydroxylation is 2. The molecule has 0 heterocycles. The number of halogens is 2. The molecule has 0 saturated heterocycles. The second kappa shape index (κ2) is 9.94. The van der Waals surface area contributed by atoms with Crippen molar-refractivity contribution in [3.05, 3.63) is 68.7 Å². The van der Waals surface area contributed by atoms with Gasteiger partial charge in [-0.15, -0.1) is 0 Å². The van der Waals surface area contributed by atoms with Crippen LogP contribution in [0, 0.1) is 13.8 Å². The Labute approximate surface area is 176 Å². The molecule has 2 aromatic carbocycles. The minimum absolute atomic E-state index is 0.105. The molecule has 28 heavy (non-hydrogen) atoms. The lowest BCUT2D eigenvalue weighted by Crippen LogP contribution is -2.48. The first-order valence-corrected chi connectivity index (χ1v) is 10.0. The molecular formula is C22H26Cl2N2O2. The molecule has 150 valence electrons. The van der Waals surface area contributed by atoms with Gasteiger partial charge in [0.2, 0.25) is 11.8 Å². The largest absolute Gasteiger partial charge is 0.357 e. The van der Waals surface area contributed by atoms with Crippen molar-refractivity contribution in [2.45, 2.75) is 46.2 Å². The lowest BCUT2D eigenvalue weighted by Gasteiger charge is -2.30. The maximum absolute atomic E-state index is 13.2. The van der Waals surface area contributed by atoms with Gasteiger partial charge >= 0.3 is 0 Å². The Morgan fingerprint density at radius 1 is 1.00 bits per heavy atom. The number of hydrogen-bond acceptors (Lipinski definition) is 2. The summed E-state index contributed by atoms with van der Waals surface area (Å²) < 4.78 is 0. The van der Waals surface area contributed by atoms with E-state index in [-0.39, 0.29) is 24.8 Å². The predicted molar refractivity (Wildman–Crippen MR) is 115 cm³/mol. The first-order valence-electron chi connectivity index (χ1n) is 9.27. The molecule has 6 heteroatoms. The summed E-state index contributed by atoms with van der Waals surface area (Å²) in [5.74, 6) is -0.289. The van der Waals surface area contributed by atoms with Gasteiger partial charge in [-0.05, 0) is 43.5 Å². The monoisotopic (exact) mass is 420 g/mol. The lowest BCUT2D eigenvalue weighted by atomic mass is 10.0. The van der Waals surface area contributed by atoms with Gasteiger partial charge in [-0.25, -0.2) is 0 Å². The molecule has 0 bridgehead atoms. The van der Waals surface area contributed by atoms with Gasteiger partial charge in [-0.1, -0.05) is 65.5 Å². The van der Waals surface area contributed by atoms with Crippen molar-refractivity contribution < 1.29 is 9.59 Å². The van der Waals surface area contributed by atoms with E-state index in [0.29, 0.717) is 16.5 Å². The Kier molecular flexibility index (Phi) is 7.90. The third-order valence-corrected chi connectivity index (χ3v) is 5.35. The predicted octanol–water partition coefficient (Wildman–Crippen LogP) is 4.71. The first kappa shape index (κ1) is 22.3. The molecule has 2 aromatic rings. The number of nitrogens with zero attached hydrogens (tertiary/aromatic N) is 1. The minimum Gasteiger partial charge on any atom is -0.357 e. The Morgan fingerprint density at radius 3 is 2.18 bits per heavy atom. The highest BCUT2D eigenvalue weighted by Crippen LogP contribution is 2.24. The summed E-state index contributed by atoms with van der Waals surface area (Å²) in [5, 5.41) is 3.54. The van der Waals surface area contributed by atoms with Crippen LogP contribution in [0.15, 0.2) is 36.4 Å². The third-order valence-electron chi connectivity index (χ3n) is 4.61. The lowest BCUT2D eigenvalue weighted by molar-refractivity contribution is -0.140. The highest BCUT2D eigenvalue weighted by Gasteiger charge is 2.28. The molecule has 1 atom stereocenters. The summed E-state index contributed by atoms with van der Waals surface area (Å²) in [6, 6.07) is 10.8. The van der Waals surface area contributed by atoms with Crippen molar-refractivity contribution in [2.75, 3.05) is 7.05 Å². The van der Waals surface area contributed by atoms with Gasteiger partial charge in [-0.3, -0.25) is 9.59 Å². The summed E-state index contributed by atoms with van der Waals surface area (Å²) in [7, 11) is 1.58. The minimum atomic E-state index is -0.558. The van der Waals surface area contributed by atoms with Crippen LogP contribution in [0.5, 0.6) is 0 Å². The van der Waals surface area contributed by atoms with Crippen molar-refractivity contribution in [3.63, 3.8) is 0 Å². The van der Waals surface area contributed by atoms with E-state index in [0.717, 1.165) is 22.3 Å².